The minimum Gasteiger partial charge on any atom is -0.466 e. The fourth-order valence-electron chi connectivity index (χ4n) is 2.66. The number of carbonyl (C=O) groups is 2. The standard InChI is InChI=1S/C18H31NO4/c1-12(2)11-15(17(21)23-18(3,4)5)19-14-9-7-13(8-10-14)16(20)22-6/h7,12,14-15,19H,8-11H2,1-6H3/t14?,15-/m0/s1. The molecular weight excluding hydrogens is 294 g/mol. The summed E-state index contributed by atoms with van der Waals surface area (Å²) in [5, 5.41) is 3.42. The first kappa shape index (κ1) is 19.7. The van der Waals surface area contributed by atoms with E-state index in [0.29, 0.717) is 12.3 Å². The molecule has 0 saturated heterocycles. The molecule has 2 atom stereocenters. The molecule has 0 amide bonds. The maximum atomic E-state index is 12.4. The van der Waals surface area contributed by atoms with Gasteiger partial charge in [0, 0.05) is 11.6 Å². The molecule has 5 heteroatoms. The van der Waals surface area contributed by atoms with Gasteiger partial charge in [-0.25, -0.2) is 4.79 Å². The van der Waals surface area contributed by atoms with Crippen LogP contribution in [0.1, 0.15) is 60.3 Å². The molecule has 5 nitrogen and oxygen atoms in total. The van der Waals surface area contributed by atoms with E-state index < -0.39 is 5.60 Å². The molecule has 1 aliphatic carbocycles. The number of ether oxygens (including phenoxy) is 2. The molecule has 23 heavy (non-hydrogen) atoms. The Kier molecular flexibility index (Phi) is 7.26. The lowest BCUT2D eigenvalue weighted by atomic mass is 9.93. The van der Waals surface area contributed by atoms with Gasteiger partial charge in [0.05, 0.1) is 7.11 Å². The molecule has 1 rings (SSSR count). The van der Waals surface area contributed by atoms with E-state index in [4.69, 9.17) is 9.47 Å². The summed E-state index contributed by atoms with van der Waals surface area (Å²) in [6, 6.07) is -0.132. The maximum absolute atomic E-state index is 12.4. The number of esters is 2. The van der Waals surface area contributed by atoms with Crippen molar-refractivity contribution in [3.05, 3.63) is 11.6 Å². The smallest absolute Gasteiger partial charge is 0.333 e. The number of rotatable bonds is 6. The van der Waals surface area contributed by atoms with E-state index in [2.05, 4.69) is 19.2 Å². The molecule has 0 heterocycles. The second-order valence-electron chi connectivity index (χ2n) is 7.57. The van der Waals surface area contributed by atoms with Crippen LogP contribution in [0.4, 0.5) is 0 Å². The van der Waals surface area contributed by atoms with Crippen molar-refractivity contribution < 1.29 is 19.1 Å². The zero-order valence-corrected chi connectivity index (χ0v) is 15.3. The van der Waals surface area contributed by atoms with Gasteiger partial charge in [-0.05, 0) is 52.4 Å². The minimum atomic E-state index is -0.488. The Morgan fingerprint density at radius 3 is 2.43 bits per heavy atom. The fourth-order valence-corrected chi connectivity index (χ4v) is 2.66. The Bertz CT molecular complexity index is 448. The van der Waals surface area contributed by atoms with Crippen LogP contribution in [0.2, 0.25) is 0 Å². The Hall–Kier alpha value is -1.36. The second kappa shape index (κ2) is 8.48. The number of methoxy groups -OCH3 is 1. The first-order valence-electron chi connectivity index (χ1n) is 8.38. The van der Waals surface area contributed by atoms with Crippen molar-refractivity contribution in [2.75, 3.05) is 7.11 Å². The molecule has 132 valence electrons. The Morgan fingerprint density at radius 2 is 2.00 bits per heavy atom. The van der Waals surface area contributed by atoms with Gasteiger partial charge in [0.2, 0.25) is 0 Å². The van der Waals surface area contributed by atoms with Gasteiger partial charge in [-0.1, -0.05) is 19.9 Å². The average Bonchev–Trinajstić information content (AvgIpc) is 2.44. The number of hydrogen-bond donors (Lipinski definition) is 1. The van der Waals surface area contributed by atoms with Gasteiger partial charge in [0.1, 0.15) is 11.6 Å². The van der Waals surface area contributed by atoms with E-state index in [-0.39, 0.29) is 24.0 Å². The molecule has 0 aliphatic heterocycles. The molecule has 0 spiro atoms. The summed E-state index contributed by atoms with van der Waals surface area (Å²) in [7, 11) is 1.40. The van der Waals surface area contributed by atoms with Crippen molar-refractivity contribution in [1.29, 1.82) is 0 Å². The van der Waals surface area contributed by atoms with Crippen molar-refractivity contribution in [2.45, 2.75) is 78.0 Å². The van der Waals surface area contributed by atoms with E-state index in [9.17, 15) is 9.59 Å². The topological polar surface area (TPSA) is 64.6 Å². The third kappa shape index (κ3) is 7.16. The maximum Gasteiger partial charge on any atom is 0.333 e. The van der Waals surface area contributed by atoms with Crippen molar-refractivity contribution in [3.8, 4) is 0 Å². The lowest BCUT2D eigenvalue weighted by Gasteiger charge is -2.30. The van der Waals surface area contributed by atoms with E-state index >= 15 is 0 Å². The molecule has 0 aromatic rings. The lowest BCUT2D eigenvalue weighted by Crippen LogP contribution is -2.47. The highest BCUT2D eigenvalue weighted by Crippen LogP contribution is 2.21. The van der Waals surface area contributed by atoms with Crippen LogP contribution in [0.25, 0.3) is 0 Å². The third-order valence-corrected chi connectivity index (χ3v) is 3.69. The highest BCUT2D eigenvalue weighted by Gasteiger charge is 2.29. The first-order chi connectivity index (χ1) is 10.6. The van der Waals surface area contributed by atoms with Crippen LogP contribution in [0.5, 0.6) is 0 Å². The quantitative estimate of drug-likeness (QED) is 0.761. The summed E-state index contributed by atoms with van der Waals surface area (Å²) in [6.45, 7) is 9.82. The molecule has 1 unspecified atom stereocenters. The molecule has 0 fully saturated rings. The highest BCUT2D eigenvalue weighted by molar-refractivity contribution is 5.88. The van der Waals surface area contributed by atoms with Crippen LogP contribution < -0.4 is 5.32 Å². The van der Waals surface area contributed by atoms with Crippen LogP contribution in [-0.4, -0.2) is 36.7 Å². The van der Waals surface area contributed by atoms with E-state index in [0.717, 1.165) is 24.8 Å². The number of hydrogen-bond acceptors (Lipinski definition) is 5. The molecule has 0 saturated carbocycles. The van der Waals surface area contributed by atoms with Gasteiger partial charge in [0.25, 0.3) is 0 Å². The molecule has 0 aromatic carbocycles. The van der Waals surface area contributed by atoms with Gasteiger partial charge in [-0.15, -0.1) is 0 Å². The summed E-state index contributed by atoms with van der Waals surface area (Å²) in [4.78, 5) is 23.9. The summed E-state index contributed by atoms with van der Waals surface area (Å²) in [5.41, 5.74) is 0.238. The molecule has 1 aliphatic rings. The molecular formula is C18H31NO4. The Labute approximate surface area is 139 Å². The van der Waals surface area contributed by atoms with Crippen molar-refractivity contribution in [1.82, 2.24) is 5.32 Å². The predicted octanol–water partition coefficient (Wildman–Crippen LogP) is 2.98. The predicted molar refractivity (Wildman–Crippen MR) is 90.0 cm³/mol. The zero-order valence-electron chi connectivity index (χ0n) is 15.3. The number of nitrogens with one attached hydrogen (secondary N) is 1. The fraction of sp³-hybridized carbons (Fsp3) is 0.778. The summed E-state index contributed by atoms with van der Waals surface area (Å²) in [5.74, 6) is -0.0620. The average molecular weight is 325 g/mol. The van der Waals surface area contributed by atoms with Gasteiger partial charge in [-0.2, -0.15) is 0 Å². The summed E-state index contributed by atoms with van der Waals surface area (Å²) in [6.07, 6.45) is 4.86. The van der Waals surface area contributed by atoms with Gasteiger partial charge in [0.15, 0.2) is 0 Å². The largest absolute Gasteiger partial charge is 0.466 e. The SMILES string of the molecule is COC(=O)C1=CCC(N[C@@H](CC(C)C)C(=O)OC(C)(C)C)CC1. The normalized spacial score (nSPS) is 20.0. The second-order valence-corrected chi connectivity index (χ2v) is 7.57. The highest BCUT2D eigenvalue weighted by atomic mass is 16.6. The van der Waals surface area contributed by atoms with Gasteiger partial charge >= 0.3 is 11.9 Å². The summed E-state index contributed by atoms with van der Waals surface area (Å²) >= 11 is 0. The van der Waals surface area contributed by atoms with Crippen LogP contribution in [-0.2, 0) is 19.1 Å². The van der Waals surface area contributed by atoms with Crippen LogP contribution in [0.15, 0.2) is 11.6 Å². The van der Waals surface area contributed by atoms with E-state index in [1.165, 1.54) is 7.11 Å². The molecule has 0 bridgehead atoms. The van der Waals surface area contributed by atoms with Crippen molar-refractivity contribution >= 4 is 11.9 Å². The third-order valence-electron chi connectivity index (χ3n) is 3.69. The molecule has 0 aromatic heterocycles. The lowest BCUT2D eigenvalue weighted by molar-refractivity contribution is -0.158. The van der Waals surface area contributed by atoms with Gasteiger partial charge in [-0.3, -0.25) is 4.79 Å². The van der Waals surface area contributed by atoms with E-state index in [1.807, 2.05) is 26.8 Å². The monoisotopic (exact) mass is 325 g/mol. The van der Waals surface area contributed by atoms with Crippen LogP contribution in [0.3, 0.4) is 0 Å². The van der Waals surface area contributed by atoms with Crippen molar-refractivity contribution in [3.63, 3.8) is 0 Å². The minimum absolute atomic E-state index is 0.180. The molecule has 1 N–H and O–H groups in total. The van der Waals surface area contributed by atoms with Gasteiger partial charge < -0.3 is 14.8 Å². The molecule has 0 radical (unpaired) electrons. The van der Waals surface area contributed by atoms with Crippen LogP contribution in [0, 0.1) is 5.92 Å². The van der Waals surface area contributed by atoms with Crippen molar-refractivity contribution in [2.24, 2.45) is 5.92 Å². The Morgan fingerprint density at radius 1 is 1.35 bits per heavy atom. The first-order valence-corrected chi connectivity index (χ1v) is 8.38. The number of carbonyl (C=O) groups excluding carboxylic acids is 2. The summed E-state index contributed by atoms with van der Waals surface area (Å²) < 4.78 is 10.3. The van der Waals surface area contributed by atoms with Crippen LogP contribution >= 0.6 is 0 Å². The Balaban J connectivity index is 2.66. The van der Waals surface area contributed by atoms with E-state index in [1.54, 1.807) is 0 Å². The zero-order chi connectivity index (χ0) is 17.6.